The SMILES string of the molecule is O=C(NCc1ccc(Cl)c(Cc2nc3nc(OCC(F)F)c(C(=O)NC4CCC(C(F)(F)F)CC4)cc3[nH]2)c1Cl)c1cc(C(F)(F)F)[nH]n1. The normalized spacial score (nSPS) is 17.0. The van der Waals surface area contributed by atoms with Gasteiger partial charge >= 0.3 is 12.4 Å². The molecule has 0 atom stereocenters. The zero-order valence-electron chi connectivity index (χ0n) is 24.8. The van der Waals surface area contributed by atoms with E-state index in [4.69, 9.17) is 27.9 Å². The summed E-state index contributed by atoms with van der Waals surface area (Å²) in [5, 5.41) is 10.5. The highest BCUT2D eigenvalue weighted by molar-refractivity contribution is 6.36. The fourth-order valence-electron chi connectivity index (χ4n) is 5.26. The largest absolute Gasteiger partial charge is 0.471 e. The van der Waals surface area contributed by atoms with Crippen LogP contribution in [-0.4, -0.2) is 62.2 Å². The summed E-state index contributed by atoms with van der Waals surface area (Å²) in [6.07, 6.45) is -12.2. The van der Waals surface area contributed by atoms with E-state index in [1.807, 2.05) is 0 Å². The molecule has 4 aromatic rings. The maximum atomic E-state index is 13.2. The van der Waals surface area contributed by atoms with E-state index < -0.39 is 66.4 Å². The number of aromatic nitrogens is 5. The van der Waals surface area contributed by atoms with Gasteiger partial charge < -0.3 is 20.4 Å². The molecule has 5 rings (SSSR count). The highest BCUT2D eigenvalue weighted by Gasteiger charge is 2.41. The second-order valence-electron chi connectivity index (χ2n) is 11.2. The Labute approximate surface area is 281 Å². The van der Waals surface area contributed by atoms with E-state index in [1.165, 1.54) is 18.2 Å². The summed E-state index contributed by atoms with van der Waals surface area (Å²) >= 11 is 13.0. The molecule has 1 saturated carbocycles. The van der Waals surface area contributed by atoms with E-state index in [2.05, 4.69) is 30.7 Å². The van der Waals surface area contributed by atoms with Crippen LogP contribution in [0.25, 0.3) is 11.2 Å². The Morgan fingerprint density at radius 2 is 1.71 bits per heavy atom. The maximum absolute atomic E-state index is 13.2. The first kappa shape index (κ1) is 36.1. The van der Waals surface area contributed by atoms with Crippen molar-refractivity contribution in [3.8, 4) is 5.88 Å². The lowest BCUT2D eigenvalue weighted by Gasteiger charge is -2.30. The number of benzene rings is 1. The van der Waals surface area contributed by atoms with Gasteiger partial charge in [-0.1, -0.05) is 29.3 Å². The van der Waals surface area contributed by atoms with Crippen molar-refractivity contribution in [2.45, 2.75) is 63.5 Å². The zero-order valence-corrected chi connectivity index (χ0v) is 26.3. The number of ether oxygens (including phenoxy) is 1. The average molecular weight is 742 g/mol. The molecular formula is C29H25Cl2F8N7O3. The molecule has 0 bridgehead atoms. The number of nitrogens with one attached hydrogen (secondary N) is 4. The number of H-pyrrole nitrogens is 2. The molecule has 10 nitrogen and oxygen atoms in total. The number of nitrogens with zero attached hydrogens (tertiary/aromatic N) is 3. The van der Waals surface area contributed by atoms with Crippen LogP contribution in [0.1, 0.15) is 69.2 Å². The van der Waals surface area contributed by atoms with Gasteiger partial charge in [0, 0.05) is 30.1 Å². The number of fused-ring (bicyclic) bond motifs is 1. The summed E-state index contributed by atoms with van der Waals surface area (Å²) in [5.74, 6) is -3.39. The zero-order chi connectivity index (χ0) is 35.7. The smallest absolute Gasteiger partial charge is 0.432 e. The second kappa shape index (κ2) is 14.3. The van der Waals surface area contributed by atoms with Crippen molar-refractivity contribution in [3.63, 3.8) is 0 Å². The number of amides is 2. The Kier molecular flexibility index (Phi) is 10.6. The van der Waals surface area contributed by atoms with E-state index in [0.717, 1.165) is 0 Å². The van der Waals surface area contributed by atoms with Crippen LogP contribution in [0, 0.1) is 5.92 Å². The Balaban J connectivity index is 1.33. The van der Waals surface area contributed by atoms with Gasteiger partial charge in [-0.25, -0.2) is 13.8 Å². The van der Waals surface area contributed by atoms with Gasteiger partial charge in [-0.2, -0.15) is 36.4 Å². The molecule has 4 N–H and O–H groups in total. The first-order valence-corrected chi connectivity index (χ1v) is 15.3. The van der Waals surface area contributed by atoms with Gasteiger partial charge in [0.25, 0.3) is 18.2 Å². The van der Waals surface area contributed by atoms with E-state index >= 15 is 0 Å². The van der Waals surface area contributed by atoms with E-state index in [-0.39, 0.29) is 71.2 Å². The van der Waals surface area contributed by atoms with Gasteiger partial charge in [0.05, 0.1) is 16.5 Å². The molecule has 49 heavy (non-hydrogen) atoms. The standard InChI is InChI=1S/C29H25Cl2F8N7O3/c30-17-6-1-12(10-40-26(48)19-9-20(46-45-19)29(37,38)39)23(31)15(17)8-22-42-18-7-16(27(44-24(18)43-22)49-11-21(32)33)25(47)41-14-4-2-13(3-5-14)28(34,35)36/h1,6-7,9,13-14,21H,2-5,8,10-11H2,(H,40,48)(H,41,47)(H,45,46)(H,42,43,44). The highest BCUT2D eigenvalue weighted by atomic mass is 35.5. The molecule has 1 aliphatic rings. The lowest BCUT2D eigenvalue weighted by molar-refractivity contribution is -0.182. The summed E-state index contributed by atoms with van der Waals surface area (Å²) in [6, 6.07) is 4.21. The van der Waals surface area contributed by atoms with Crippen molar-refractivity contribution >= 4 is 46.2 Å². The van der Waals surface area contributed by atoms with Gasteiger partial charge in [-0.3, -0.25) is 14.7 Å². The predicted molar refractivity (Wildman–Crippen MR) is 159 cm³/mol. The van der Waals surface area contributed by atoms with Gasteiger partial charge in [0.1, 0.15) is 17.1 Å². The number of carbonyl (C=O) groups excluding carboxylic acids is 2. The van der Waals surface area contributed by atoms with Crippen LogP contribution in [0.5, 0.6) is 5.88 Å². The lowest BCUT2D eigenvalue weighted by atomic mass is 9.85. The quantitative estimate of drug-likeness (QED) is 0.129. The van der Waals surface area contributed by atoms with Crippen molar-refractivity contribution in [2.24, 2.45) is 5.92 Å². The number of halogens is 10. The molecule has 0 spiro atoms. The van der Waals surface area contributed by atoms with Crippen molar-refractivity contribution in [1.29, 1.82) is 0 Å². The molecule has 0 unspecified atom stereocenters. The maximum Gasteiger partial charge on any atom is 0.432 e. The summed E-state index contributed by atoms with van der Waals surface area (Å²) in [7, 11) is 0. The highest BCUT2D eigenvalue weighted by Crippen LogP contribution is 2.38. The molecule has 0 aliphatic heterocycles. The molecule has 20 heteroatoms. The molecule has 1 fully saturated rings. The Bertz CT molecular complexity index is 1840. The topological polar surface area (TPSA) is 138 Å². The lowest BCUT2D eigenvalue weighted by Crippen LogP contribution is -2.40. The van der Waals surface area contributed by atoms with Crippen LogP contribution in [0.3, 0.4) is 0 Å². The fourth-order valence-corrected chi connectivity index (χ4v) is 5.83. The number of alkyl halides is 8. The summed E-state index contributed by atoms with van der Waals surface area (Å²) < 4.78 is 109. The summed E-state index contributed by atoms with van der Waals surface area (Å²) in [4.78, 5) is 37.0. The van der Waals surface area contributed by atoms with Crippen LogP contribution in [0.4, 0.5) is 35.1 Å². The Morgan fingerprint density at radius 3 is 2.35 bits per heavy atom. The molecule has 0 radical (unpaired) electrons. The van der Waals surface area contributed by atoms with Gasteiger partial charge in [0.2, 0.25) is 5.88 Å². The van der Waals surface area contributed by atoms with Crippen molar-refractivity contribution in [1.82, 2.24) is 35.8 Å². The monoisotopic (exact) mass is 741 g/mol. The third-order valence-corrected chi connectivity index (χ3v) is 8.59. The third kappa shape index (κ3) is 8.70. The second-order valence-corrected chi connectivity index (χ2v) is 12.0. The minimum absolute atomic E-state index is 0.0191. The molecular weight excluding hydrogens is 717 g/mol. The van der Waals surface area contributed by atoms with Crippen molar-refractivity contribution in [2.75, 3.05) is 6.61 Å². The predicted octanol–water partition coefficient (Wildman–Crippen LogP) is 7.02. The molecule has 0 saturated heterocycles. The van der Waals surface area contributed by atoms with Crippen LogP contribution in [0.2, 0.25) is 10.0 Å². The fraction of sp³-hybridized carbons (Fsp3) is 0.414. The summed E-state index contributed by atoms with van der Waals surface area (Å²) in [6.45, 7) is -1.30. The molecule has 1 aromatic carbocycles. The number of hydrogen-bond donors (Lipinski definition) is 4. The molecule has 2 amide bonds. The van der Waals surface area contributed by atoms with Gasteiger partial charge in [-0.05, 0) is 48.9 Å². The third-order valence-electron chi connectivity index (χ3n) is 7.77. The molecule has 3 heterocycles. The van der Waals surface area contributed by atoms with Gasteiger partial charge in [-0.15, -0.1) is 0 Å². The Hall–Kier alpha value is -4.19. The number of carbonyl (C=O) groups is 2. The molecule has 264 valence electrons. The van der Waals surface area contributed by atoms with Crippen LogP contribution in [-0.2, 0) is 19.1 Å². The Morgan fingerprint density at radius 1 is 1.00 bits per heavy atom. The molecule has 1 aliphatic carbocycles. The van der Waals surface area contributed by atoms with Crippen LogP contribution < -0.4 is 15.4 Å². The van der Waals surface area contributed by atoms with Crippen LogP contribution >= 0.6 is 23.2 Å². The van der Waals surface area contributed by atoms with Crippen molar-refractivity contribution in [3.05, 3.63) is 68.2 Å². The number of hydrogen-bond acceptors (Lipinski definition) is 6. The number of imidazole rings is 1. The van der Waals surface area contributed by atoms with E-state index in [9.17, 15) is 44.7 Å². The van der Waals surface area contributed by atoms with E-state index in [0.29, 0.717) is 17.2 Å². The molecule has 3 aromatic heterocycles. The average Bonchev–Trinajstić information content (AvgIpc) is 3.68. The summed E-state index contributed by atoms with van der Waals surface area (Å²) in [5.41, 5.74) is -1.08. The minimum atomic E-state index is -4.72. The van der Waals surface area contributed by atoms with Gasteiger partial charge in [0.15, 0.2) is 17.9 Å². The number of pyridine rings is 1. The minimum Gasteiger partial charge on any atom is -0.471 e. The number of rotatable bonds is 10. The van der Waals surface area contributed by atoms with Crippen molar-refractivity contribution < 1.29 is 49.4 Å². The number of aromatic amines is 2. The first-order valence-electron chi connectivity index (χ1n) is 14.5. The van der Waals surface area contributed by atoms with E-state index in [1.54, 1.807) is 5.10 Å². The van der Waals surface area contributed by atoms with Crippen LogP contribution in [0.15, 0.2) is 24.3 Å². The first-order chi connectivity index (χ1) is 23.0.